The highest BCUT2D eigenvalue weighted by molar-refractivity contribution is 7.98. The molecular formula is C11H10O3S. The summed E-state index contributed by atoms with van der Waals surface area (Å²) in [5.41, 5.74) is 0.816. The predicted octanol–water partition coefficient (Wildman–Crippen LogP) is 2.12. The average molecular weight is 222 g/mol. The lowest BCUT2D eigenvalue weighted by atomic mass is 10.2. The van der Waals surface area contributed by atoms with Crippen LogP contribution in [0.1, 0.15) is 5.56 Å². The van der Waals surface area contributed by atoms with Gasteiger partial charge in [-0.1, -0.05) is 12.1 Å². The number of ether oxygens (including phenoxy) is 1. The Labute approximate surface area is 92.1 Å². The van der Waals surface area contributed by atoms with E-state index in [1.54, 1.807) is 11.8 Å². The summed E-state index contributed by atoms with van der Waals surface area (Å²) in [6, 6.07) is 7.56. The zero-order chi connectivity index (χ0) is 11.1. The van der Waals surface area contributed by atoms with E-state index in [2.05, 4.69) is 4.74 Å². The van der Waals surface area contributed by atoms with Crippen LogP contribution in [-0.4, -0.2) is 19.0 Å². The van der Waals surface area contributed by atoms with E-state index in [-0.39, 0.29) is 12.2 Å². The summed E-state index contributed by atoms with van der Waals surface area (Å²) in [6.45, 7) is 0.233. The van der Waals surface area contributed by atoms with Crippen molar-refractivity contribution in [3.05, 3.63) is 35.6 Å². The number of benzene rings is 1. The standard InChI is InChI=1S/C11H10O3S/c1-15-11-4-2-9(3-5-11)6-10(7-12)14-8-13/h2-8H,1H3/b10-6+. The molecular weight excluding hydrogens is 212 g/mol. The molecule has 0 bridgehead atoms. The molecule has 1 rings (SSSR count). The van der Waals surface area contributed by atoms with Crippen LogP contribution in [0.2, 0.25) is 0 Å². The molecule has 0 aliphatic heterocycles. The van der Waals surface area contributed by atoms with Crippen molar-refractivity contribution in [1.29, 1.82) is 0 Å². The maximum Gasteiger partial charge on any atom is 0.298 e. The van der Waals surface area contributed by atoms with E-state index >= 15 is 0 Å². The first-order valence-electron chi connectivity index (χ1n) is 4.21. The molecule has 4 heteroatoms. The maximum absolute atomic E-state index is 10.5. The molecule has 0 saturated carbocycles. The Bertz CT molecular complexity index is 368. The molecule has 0 atom stereocenters. The SMILES string of the molecule is CSc1ccc(/C=C(\C=O)OC=O)cc1. The summed E-state index contributed by atoms with van der Waals surface area (Å²) in [7, 11) is 0. The molecule has 0 aliphatic rings. The third-order valence-electron chi connectivity index (χ3n) is 1.73. The first-order chi connectivity index (χ1) is 7.30. The van der Waals surface area contributed by atoms with E-state index in [9.17, 15) is 9.59 Å². The Morgan fingerprint density at radius 2 is 1.93 bits per heavy atom. The Morgan fingerprint density at radius 1 is 1.27 bits per heavy atom. The summed E-state index contributed by atoms with van der Waals surface area (Å²) < 4.78 is 4.46. The Morgan fingerprint density at radius 3 is 2.40 bits per heavy atom. The van der Waals surface area contributed by atoms with Crippen LogP contribution in [0.3, 0.4) is 0 Å². The zero-order valence-electron chi connectivity index (χ0n) is 8.17. The normalized spacial score (nSPS) is 10.9. The second-order valence-electron chi connectivity index (χ2n) is 2.65. The maximum atomic E-state index is 10.5. The fourth-order valence-corrected chi connectivity index (χ4v) is 1.42. The number of hydrogen-bond donors (Lipinski definition) is 0. The predicted molar refractivity (Wildman–Crippen MR) is 59.4 cm³/mol. The summed E-state index contributed by atoms with van der Waals surface area (Å²) in [5, 5.41) is 0. The summed E-state index contributed by atoms with van der Waals surface area (Å²) >= 11 is 1.63. The molecule has 0 radical (unpaired) electrons. The van der Waals surface area contributed by atoms with Crippen LogP contribution >= 0.6 is 11.8 Å². The number of thioether (sulfide) groups is 1. The summed E-state index contributed by atoms with van der Waals surface area (Å²) in [4.78, 5) is 21.6. The minimum atomic E-state index is 0.00176. The van der Waals surface area contributed by atoms with Gasteiger partial charge in [-0.3, -0.25) is 9.59 Å². The number of rotatable bonds is 5. The highest BCUT2D eigenvalue weighted by Crippen LogP contribution is 2.16. The van der Waals surface area contributed by atoms with Crippen molar-refractivity contribution < 1.29 is 14.3 Å². The van der Waals surface area contributed by atoms with Gasteiger partial charge in [0, 0.05) is 4.90 Å². The molecule has 0 unspecified atom stereocenters. The monoisotopic (exact) mass is 222 g/mol. The third-order valence-corrected chi connectivity index (χ3v) is 2.47. The van der Waals surface area contributed by atoms with Gasteiger partial charge in [-0.05, 0) is 30.0 Å². The van der Waals surface area contributed by atoms with E-state index in [1.807, 2.05) is 30.5 Å². The minimum absolute atomic E-state index is 0.00176. The Hall–Kier alpha value is -1.55. The van der Waals surface area contributed by atoms with Gasteiger partial charge in [-0.15, -0.1) is 11.8 Å². The van der Waals surface area contributed by atoms with Gasteiger partial charge >= 0.3 is 0 Å². The van der Waals surface area contributed by atoms with Crippen LogP contribution in [0.25, 0.3) is 6.08 Å². The van der Waals surface area contributed by atoms with Gasteiger partial charge < -0.3 is 4.74 Å². The molecule has 15 heavy (non-hydrogen) atoms. The van der Waals surface area contributed by atoms with Gasteiger partial charge in [-0.25, -0.2) is 0 Å². The molecule has 1 aromatic carbocycles. The molecule has 0 saturated heterocycles. The highest BCUT2D eigenvalue weighted by Gasteiger charge is 1.96. The van der Waals surface area contributed by atoms with E-state index < -0.39 is 0 Å². The zero-order valence-corrected chi connectivity index (χ0v) is 8.99. The Kier molecular flexibility index (Phi) is 4.63. The third kappa shape index (κ3) is 3.59. The first kappa shape index (κ1) is 11.5. The van der Waals surface area contributed by atoms with Crippen LogP contribution in [-0.2, 0) is 14.3 Å². The van der Waals surface area contributed by atoms with Gasteiger partial charge in [0.25, 0.3) is 6.47 Å². The van der Waals surface area contributed by atoms with Crippen molar-refractivity contribution in [2.45, 2.75) is 4.90 Å². The number of allylic oxidation sites excluding steroid dienone is 1. The molecule has 0 heterocycles. The van der Waals surface area contributed by atoms with Gasteiger partial charge in [0.2, 0.25) is 0 Å². The van der Waals surface area contributed by atoms with Gasteiger partial charge in [0.05, 0.1) is 0 Å². The second-order valence-corrected chi connectivity index (χ2v) is 3.53. The smallest absolute Gasteiger partial charge is 0.298 e. The van der Waals surface area contributed by atoms with E-state index in [1.165, 1.54) is 6.08 Å². The number of carbonyl (C=O) groups excluding carboxylic acids is 2. The fraction of sp³-hybridized carbons (Fsp3) is 0.0909. The largest absolute Gasteiger partial charge is 0.425 e. The van der Waals surface area contributed by atoms with Crippen LogP contribution in [0.4, 0.5) is 0 Å². The number of aldehydes is 1. The molecule has 0 spiro atoms. The van der Waals surface area contributed by atoms with E-state index in [0.717, 1.165) is 10.5 Å². The Balaban J connectivity index is 2.86. The molecule has 0 aliphatic carbocycles. The van der Waals surface area contributed by atoms with Gasteiger partial charge in [0.1, 0.15) is 0 Å². The number of hydrogen-bond acceptors (Lipinski definition) is 4. The minimum Gasteiger partial charge on any atom is -0.425 e. The lowest BCUT2D eigenvalue weighted by molar-refractivity contribution is -0.127. The lowest BCUT2D eigenvalue weighted by Gasteiger charge is -1.98. The van der Waals surface area contributed by atoms with Crippen LogP contribution in [0, 0.1) is 0 Å². The fourth-order valence-electron chi connectivity index (χ4n) is 1.02. The summed E-state index contributed by atoms with van der Waals surface area (Å²) in [6.07, 6.45) is 3.99. The first-order valence-corrected chi connectivity index (χ1v) is 5.44. The molecule has 78 valence electrons. The summed E-state index contributed by atoms with van der Waals surface area (Å²) in [5.74, 6) is 0.00176. The quantitative estimate of drug-likeness (QED) is 0.331. The van der Waals surface area contributed by atoms with Crippen molar-refractivity contribution in [2.24, 2.45) is 0 Å². The van der Waals surface area contributed by atoms with Crippen LogP contribution in [0.5, 0.6) is 0 Å². The van der Waals surface area contributed by atoms with E-state index in [0.29, 0.717) is 6.29 Å². The molecule has 0 aromatic heterocycles. The van der Waals surface area contributed by atoms with Crippen LogP contribution < -0.4 is 0 Å². The second kappa shape index (κ2) is 6.03. The molecule has 0 fully saturated rings. The van der Waals surface area contributed by atoms with Crippen molar-refractivity contribution in [2.75, 3.05) is 6.26 Å². The van der Waals surface area contributed by atoms with Crippen molar-refractivity contribution in [3.8, 4) is 0 Å². The molecule has 0 N–H and O–H groups in total. The van der Waals surface area contributed by atoms with Crippen molar-refractivity contribution in [3.63, 3.8) is 0 Å². The van der Waals surface area contributed by atoms with Gasteiger partial charge in [-0.2, -0.15) is 0 Å². The molecule has 0 amide bonds. The highest BCUT2D eigenvalue weighted by atomic mass is 32.2. The lowest BCUT2D eigenvalue weighted by Crippen LogP contribution is -1.90. The number of carbonyl (C=O) groups is 2. The topological polar surface area (TPSA) is 43.4 Å². The molecule has 3 nitrogen and oxygen atoms in total. The van der Waals surface area contributed by atoms with Crippen LogP contribution in [0.15, 0.2) is 34.9 Å². The van der Waals surface area contributed by atoms with Gasteiger partial charge in [0.15, 0.2) is 12.0 Å². The molecule has 1 aromatic rings. The van der Waals surface area contributed by atoms with Crippen molar-refractivity contribution in [1.82, 2.24) is 0 Å². The van der Waals surface area contributed by atoms with E-state index in [4.69, 9.17) is 0 Å². The average Bonchev–Trinajstić information content (AvgIpc) is 2.29. The van der Waals surface area contributed by atoms with Crippen molar-refractivity contribution >= 4 is 30.6 Å².